The van der Waals surface area contributed by atoms with Crippen LogP contribution >= 0.6 is 0 Å². The van der Waals surface area contributed by atoms with Crippen molar-refractivity contribution < 1.29 is 19.4 Å². The molecule has 7 heteroatoms. The van der Waals surface area contributed by atoms with E-state index in [2.05, 4.69) is 10.1 Å². The van der Waals surface area contributed by atoms with Gasteiger partial charge in [-0.15, -0.1) is 0 Å². The molecule has 1 N–H and O–H groups in total. The zero-order valence-corrected chi connectivity index (χ0v) is 10.7. The molecule has 0 saturated carbocycles. The Balaban J connectivity index is 3.08. The van der Waals surface area contributed by atoms with Gasteiger partial charge in [-0.25, -0.2) is 4.98 Å². The molecule has 0 amide bonds. The van der Waals surface area contributed by atoms with Gasteiger partial charge in [-0.2, -0.15) is 5.10 Å². The first-order valence-electron chi connectivity index (χ1n) is 5.71. The zero-order chi connectivity index (χ0) is 13.8. The summed E-state index contributed by atoms with van der Waals surface area (Å²) >= 11 is 0. The van der Waals surface area contributed by atoms with Crippen LogP contribution in [0.2, 0.25) is 0 Å². The number of rotatable bonds is 6. The van der Waals surface area contributed by atoms with Gasteiger partial charge in [0.1, 0.15) is 12.2 Å². The van der Waals surface area contributed by atoms with Crippen molar-refractivity contribution >= 4 is 11.9 Å². The van der Waals surface area contributed by atoms with Crippen molar-refractivity contribution in [2.45, 2.75) is 26.7 Å². The molecule has 0 aliphatic heterocycles. The number of aliphatic carboxylic acids is 1. The van der Waals surface area contributed by atoms with E-state index in [1.54, 1.807) is 20.9 Å². The SMILES string of the molecule is CCOC(=O)C(CC)(Cc1ncnn1C)C(=O)O. The number of carbonyl (C=O) groups is 2. The highest BCUT2D eigenvalue weighted by molar-refractivity contribution is 5.99. The normalized spacial score (nSPS) is 13.9. The quantitative estimate of drug-likeness (QED) is 0.584. The fourth-order valence-corrected chi connectivity index (χ4v) is 1.67. The van der Waals surface area contributed by atoms with Crippen LogP contribution in [-0.2, 0) is 27.8 Å². The van der Waals surface area contributed by atoms with Crippen LogP contribution < -0.4 is 0 Å². The van der Waals surface area contributed by atoms with Crippen LogP contribution in [0.3, 0.4) is 0 Å². The van der Waals surface area contributed by atoms with E-state index in [4.69, 9.17) is 4.74 Å². The molecule has 0 aromatic carbocycles. The van der Waals surface area contributed by atoms with Crippen LogP contribution in [0.5, 0.6) is 0 Å². The van der Waals surface area contributed by atoms with Gasteiger partial charge < -0.3 is 9.84 Å². The van der Waals surface area contributed by atoms with E-state index in [-0.39, 0.29) is 19.4 Å². The van der Waals surface area contributed by atoms with E-state index < -0.39 is 17.4 Å². The van der Waals surface area contributed by atoms with E-state index in [1.807, 2.05) is 0 Å². The fraction of sp³-hybridized carbons (Fsp3) is 0.636. The van der Waals surface area contributed by atoms with Crippen LogP contribution in [0.4, 0.5) is 0 Å². The van der Waals surface area contributed by atoms with Crippen molar-refractivity contribution in [1.82, 2.24) is 14.8 Å². The van der Waals surface area contributed by atoms with Crippen molar-refractivity contribution in [3.8, 4) is 0 Å². The van der Waals surface area contributed by atoms with E-state index in [0.717, 1.165) is 0 Å². The highest BCUT2D eigenvalue weighted by Gasteiger charge is 2.47. The Bertz CT molecular complexity index is 443. The average molecular weight is 255 g/mol. The first-order chi connectivity index (χ1) is 8.47. The predicted molar refractivity (Wildman–Crippen MR) is 61.7 cm³/mol. The number of aryl methyl sites for hydroxylation is 1. The number of carboxylic acid groups (broad SMARTS) is 1. The van der Waals surface area contributed by atoms with Crippen LogP contribution in [0.25, 0.3) is 0 Å². The number of carboxylic acids is 1. The van der Waals surface area contributed by atoms with Gasteiger partial charge in [0, 0.05) is 13.5 Å². The van der Waals surface area contributed by atoms with Gasteiger partial charge in [-0.1, -0.05) is 6.92 Å². The number of hydrogen-bond donors (Lipinski definition) is 1. The Morgan fingerprint density at radius 3 is 2.56 bits per heavy atom. The van der Waals surface area contributed by atoms with Crippen molar-refractivity contribution in [3.63, 3.8) is 0 Å². The summed E-state index contributed by atoms with van der Waals surface area (Å²) in [4.78, 5) is 27.3. The monoisotopic (exact) mass is 255 g/mol. The summed E-state index contributed by atoms with van der Waals surface area (Å²) in [7, 11) is 1.65. The third-order valence-electron chi connectivity index (χ3n) is 2.94. The molecule has 0 bridgehead atoms. The van der Waals surface area contributed by atoms with Crippen molar-refractivity contribution in [2.75, 3.05) is 6.61 Å². The van der Waals surface area contributed by atoms with Crippen molar-refractivity contribution in [1.29, 1.82) is 0 Å². The second-order valence-corrected chi connectivity index (χ2v) is 3.94. The Morgan fingerprint density at radius 1 is 1.50 bits per heavy atom. The number of nitrogens with zero attached hydrogens (tertiary/aromatic N) is 3. The predicted octanol–water partition coefficient (Wildman–Crippen LogP) is 0.402. The number of ether oxygens (including phenoxy) is 1. The maximum absolute atomic E-state index is 11.9. The topological polar surface area (TPSA) is 94.3 Å². The summed E-state index contributed by atoms with van der Waals surface area (Å²) in [6.45, 7) is 3.43. The molecule has 18 heavy (non-hydrogen) atoms. The molecule has 1 aromatic heterocycles. The molecule has 0 saturated heterocycles. The summed E-state index contributed by atoms with van der Waals surface area (Å²) in [5.74, 6) is -1.50. The highest BCUT2D eigenvalue weighted by Crippen LogP contribution is 2.28. The van der Waals surface area contributed by atoms with Crippen LogP contribution in [0, 0.1) is 5.41 Å². The van der Waals surface area contributed by atoms with Gasteiger partial charge in [0.25, 0.3) is 0 Å². The van der Waals surface area contributed by atoms with E-state index in [9.17, 15) is 14.7 Å². The van der Waals surface area contributed by atoms with E-state index in [1.165, 1.54) is 11.0 Å². The molecule has 0 fully saturated rings. The third-order valence-corrected chi connectivity index (χ3v) is 2.94. The molecule has 0 radical (unpaired) electrons. The summed E-state index contributed by atoms with van der Waals surface area (Å²) in [6, 6.07) is 0. The third kappa shape index (κ3) is 2.49. The molecular weight excluding hydrogens is 238 g/mol. The molecule has 7 nitrogen and oxygen atoms in total. The molecule has 100 valence electrons. The second-order valence-electron chi connectivity index (χ2n) is 3.94. The minimum absolute atomic E-state index is 0.0336. The molecule has 0 spiro atoms. The van der Waals surface area contributed by atoms with Crippen LogP contribution in [-0.4, -0.2) is 38.4 Å². The number of carbonyl (C=O) groups excluding carboxylic acids is 1. The molecule has 1 rings (SSSR count). The lowest BCUT2D eigenvalue weighted by Crippen LogP contribution is -2.42. The number of esters is 1. The van der Waals surface area contributed by atoms with Crippen LogP contribution in [0.15, 0.2) is 6.33 Å². The first kappa shape index (κ1) is 14.1. The Labute approximate surface area is 105 Å². The fourth-order valence-electron chi connectivity index (χ4n) is 1.67. The molecule has 1 atom stereocenters. The maximum atomic E-state index is 11.9. The molecule has 0 aliphatic rings. The molecular formula is C11H17N3O4. The van der Waals surface area contributed by atoms with Gasteiger partial charge in [0.15, 0.2) is 5.41 Å². The highest BCUT2D eigenvalue weighted by atomic mass is 16.5. The Kier molecular flexibility index (Phi) is 4.41. The van der Waals surface area contributed by atoms with E-state index >= 15 is 0 Å². The molecule has 0 aliphatic carbocycles. The van der Waals surface area contributed by atoms with Gasteiger partial charge in [-0.3, -0.25) is 14.3 Å². The van der Waals surface area contributed by atoms with Crippen molar-refractivity contribution in [2.24, 2.45) is 12.5 Å². The molecule has 1 unspecified atom stereocenters. The maximum Gasteiger partial charge on any atom is 0.323 e. The summed E-state index contributed by atoms with van der Waals surface area (Å²) < 4.78 is 6.32. The zero-order valence-electron chi connectivity index (χ0n) is 10.7. The minimum atomic E-state index is -1.60. The lowest BCUT2D eigenvalue weighted by Gasteiger charge is -2.25. The Morgan fingerprint density at radius 2 is 2.17 bits per heavy atom. The van der Waals surface area contributed by atoms with Gasteiger partial charge in [0.2, 0.25) is 0 Å². The summed E-state index contributed by atoms with van der Waals surface area (Å²) in [5.41, 5.74) is -1.60. The van der Waals surface area contributed by atoms with Gasteiger partial charge in [0.05, 0.1) is 6.61 Å². The van der Waals surface area contributed by atoms with Gasteiger partial charge in [-0.05, 0) is 13.3 Å². The van der Waals surface area contributed by atoms with Crippen molar-refractivity contribution in [3.05, 3.63) is 12.2 Å². The smallest absolute Gasteiger partial charge is 0.323 e. The lowest BCUT2D eigenvalue weighted by molar-refractivity contribution is -0.169. The molecule has 1 aromatic rings. The largest absolute Gasteiger partial charge is 0.480 e. The summed E-state index contributed by atoms with van der Waals surface area (Å²) in [6.07, 6.45) is 1.42. The standard InChI is InChI=1S/C11H17N3O4/c1-4-11(9(15)16,10(17)18-5-2)6-8-12-7-13-14(8)3/h7H,4-6H2,1-3H3,(H,15,16). The number of aromatic nitrogens is 3. The summed E-state index contributed by atoms with van der Waals surface area (Å²) in [5, 5.41) is 13.2. The number of hydrogen-bond acceptors (Lipinski definition) is 5. The second kappa shape index (κ2) is 5.61. The Hall–Kier alpha value is -1.92. The van der Waals surface area contributed by atoms with E-state index in [0.29, 0.717) is 5.82 Å². The molecule has 1 heterocycles. The average Bonchev–Trinajstić information content (AvgIpc) is 2.71. The first-order valence-corrected chi connectivity index (χ1v) is 5.71. The lowest BCUT2D eigenvalue weighted by atomic mass is 9.81. The van der Waals surface area contributed by atoms with Gasteiger partial charge >= 0.3 is 11.9 Å². The van der Waals surface area contributed by atoms with Crippen LogP contribution in [0.1, 0.15) is 26.1 Å². The minimum Gasteiger partial charge on any atom is -0.480 e.